The van der Waals surface area contributed by atoms with Crippen molar-refractivity contribution in [2.24, 2.45) is 0 Å². The van der Waals surface area contributed by atoms with Crippen molar-refractivity contribution < 1.29 is 4.74 Å². The van der Waals surface area contributed by atoms with Gasteiger partial charge in [-0.25, -0.2) is 0 Å². The number of anilines is 3. The molecule has 19 heavy (non-hydrogen) atoms. The number of ether oxygens (including phenoxy) is 1. The summed E-state index contributed by atoms with van der Waals surface area (Å²) in [6, 6.07) is 5.77. The average molecular weight is 392 g/mol. The molecule has 1 aromatic heterocycles. The Kier molecular flexibility index (Phi) is 4.59. The predicted molar refractivity (Wildman–Crippen MR) is 82.9 cm³/mol. The van der Waals surface area contributed by atoms with E-state index < -0.39 is 0 Å². The van der Waals surface area contributed by atoms with Gasteiger partial charge in [0.1, 0.15) is 0 Å². The van der Waals surface area contributed by atoms with Gasteiger partial charge >= 0.3 is 6.01 Å². The van der Waals surface area contributed by atoms with Crippen LogP contribution in [0.2, 0.25) is 5.02 Å². The molecule has 0 fully saturated rings. The third kappa shape index (κ3) is 3.80. The summed E-state index contributed by atoms with van der Waals surface area (Å²) in [6.07, 6.45) is 0. The molecule has 0 spiro atoms. The molecule has 0 amide bonds. The summed E-state index contributed by atoms with van der Waals surface area (Å²) >= 11 is 8.30. The molecular weight excluding hydrogens is 381 g/mol. The molecule has 6 nitrogen and oxygen atoms in total. The van der Waals surface area contributed by atoms with Gasteiger partial charge in [-0.2, -0.15) is 15.0 Å². The van der Waals surface area contributed by atoms with Crippen LogP contribution in [0.25, 0.3) is 0 Å². The van der Waals surface area contributed by atoms with Crippen LogP contribution in [0.1, 0.15) is 6.92 Å². The highest BCUT2D eigenvalue weighted by Crippen LogP contribution is 2.26. The van der Waals surface area contributed by atoms with Crippen LogP contribution in [0, 0.1) is 3.57 Å². The van der Waals surface area contributed by atoms with Crippen molar-refractivity contribution >= 4 is 51.8 Å². The number of nitrogen functional groups attached to an aromatic ring is 1. The third-order valence-corrected chi connectivity index (χ3v) is 3.07. The summed E-state index contributed by atoms with van der Waals surface area (Å²) in [7, 11) is 0. The van der Waals surface area contributed by atoms with E-state index in [9.17, 15) is 0 Å². The maximum atomic E-state index is 6.12. The number of rotatable bonds is 4. The first kappa shape index (κ1) is 14.1. The van der Waals surface area contributed by atoms with Gasteiger partial charge in [0, 0.05) is 3.57 Å². The minimum Gasteiger partial charge on any atom is -0.464 e. The van der Waals surface area contributed by atoms with Crippen molar-refractivity contribution in [3.05, 3.63) is 26.8 Å². The van der Waals surface area contributed by atoms with Gasteiger partial charge in [0.25, 0.3) is 0 Å². The topological polar surface area (TPSA) is 86.0 Å². The zero-order valence-electron chi connectivity index (χ0n) is 10.0. The van der Waals surface area contributed by atoms with Crippen molar-refractivity contribution in [3.8, 4) is 6.01 Å². The third-order valence-electron chi connectivity index (χ3n) is 2.08. The van der Waals surface area contributed by atoms with Gasteiger partial charge in [-0.1, -0.05) is 11.6 Å². The van der Waals surface area contributed by atoms with Crippen LogP contribution in [-0.4, -0.2) is 21.6 Å². The second-order valence-corrected chi connectivity index (χ2v) is 5.13. The number of hydrogen-bond donors (Lipinski definition) is 2. The summed E-state index contributed by atoms with van der Waals surface area (Å²) < 4.78 is 6.24. The highest BCUT2D eigenvalue weighted by atomic mass is 127. The van der Waals surface area contributed by atoms with Crippen LogP contribution in [0.4, 0.5) is 17.6 Å². The lowest BCUT2D eigenvalue weighted by Crippen LogP contribution is -2.06. The first-order valence-electron chi connectivity index (χ1n) is 5.45. The van der Waals surface area contributed by atoms with Gasteiger partial charge in [0.05, 0.1) is 17.3 Å². The fraction of sp³-hybridized carbons (Fsp3) is 0.182. The summed E-state index contributed by atoms with van der Waals surface area (Å²) in [5.74, 6) is 0.377. The van der Waals surface area contributed by atoms with Crippen LogP contribution in [0.5, 0.6) is 6.01 Å². The van der Waals surface area contributed by atoms with E-state index in [2.05, 4.69) is 42.9 Å². The maximum absolute atomic E-state index is 6.12. The molecule has 0 radical (unpaired) electrons. The fourth-order valence-electron chi connectivity index (χ4n) is 1.33. The molecule has 0 unspecified atom stereocenters. The Balaban J connectivity index is 2.27. The molecule has 0 atom stereocenters. The molecule has 100 valence electrons. The number of nitrogens with one attached hydrogen (secondary N) is 1. The molecule has 8 heteroatoms. The van der Waals surface area contributed by atoms with Gasteiger partial charge in [0.15, 0.2) is 0 Å². The van der Waals surface area contributed by atoms with Gasteiger partial charge in [-0.15, -0.1) is 0 Å². The van der Waals surface area contributed by atoms with Crippen molar-refractivity contribution in [2.45, 2.75) is 6.92 Å². The van der Waals surface area contributed by atoms with E-state index in [4.69, 9.17) is 22.1 Å². The van der Waals surface area contributed by atoms with E-state index in [0.717, 1.165) is 3.57 Å². The van der Waals surface area contributed by atoms with Gasteiger partial charge < -0.3 is 15.8 Å². The average Bonchev–Trinajstić information content (AvgIpc) is 2.32. The van der Waals surface area contributed by atoms with Crippen molar-refractivity contribution in [1.82, 2.24) is 15.0 Å². The number of halogens is 2. The van der Waals surface area contributed by atoms with Crippen molar-refractivity contribution in [3.63, 3.8) is 0 Å². The Morgan fingerprint density at radius 3 is 2.84 bits per heavy atom. The van der Waals surface area contributed by atoms with Crippen molar-refractivity contribution in [1.29, 1.82) is 0 Å². The summed E-state index contributed by atoms with van der Waals surface area (Å²) in [5.41, 5.74) is 6.28. The van der Waals surface area contributed by atoms with E-state index in [0.29, 0.717) is 23.3 Å². The molecule has 0 aliphatic carbocycles. The Morgan fingerprint density at radius 1 is 1.37 bits per heavy atom. The normalized spacial score (nSPS) is 10.3. The van der Waals surface area contributed by atoms with E-state index in [1.54, 1.807) is 0 Å². The maximum Gasteiger partial charge on any atom is 0.323 e. The second-order valence-electron chi connectivity index (χ2n) is 3.48. The van der Waals surface area contributed by atoms with Crippen LogP contribution < -0.4 is 15.8 Å². The Morgan fingerprint density at radius 2 is 2.16 bits per heavy atom. The molecule has 0 saturated heterocycles. The fourth-order valence-corrected chi connectivity index (χ4v) is 2.24. The van der Waals surface area contributed by atoms with Gasteiger partial charge in [-0.05, 0) is 47.7 Å². The van der Waals surface area contributed by atoms with Crippen LogP contribution in [0.3, 0.4) is 0 Å². The molecule has 2 aromatic rings. The lowest BCUT2D eigenvalue weighted by Gasteiger charge is -2.08. The predicted octanol–water partition coefficient (Wildman–Crippen LogP) is 2.85. The van der Waals surface area contributed by atoms with E-state index in [1.807, 2.05) is 25.1 Å². The Hall–Kier alpha value is -1.35. The Labute approximate surface area is 128 Å². The molecule has 0 saturated carbocycles. The number of nitrogens with two attached hydrogens (primary N) is 1. The molecular formula is C11H11ClIN5O. The molecule has 0 aliphatic rings. The molecule has 1 aromatic carbocycles. The lowest BCUT2D eigenvalue weighted by atomic mass is 10.3. The molecule has 0 aliphatic heterocycles. The minimum absolute atomic E-state index is 0.0857. The largest absolute Gasteiger partial charge is 0.464 e. The van der Waals surface area contributed by atoms with Gasteiger partial charge in [-0.3, -0.25) is 0 Å². The van der Waals surface area contributed by atoms with E-state index in [-0.39, 0.29) is 12.0 Å². The first-order valence-corrected chi connectivity index (χ1v) is 6.90. The summed E-state index contributed by atoms with van der Waals surface area (Å²) in [5, 5.41) is 3.55. The number of benzene rings is 1. The SMILES string of the molecule is CCOc1nc(N)nc(Nc2ccc(I)cc2Cl)n1. The number of nitrogens with zero attached hydrogens (tertiary/aromatic N) is 3. The first-order chi connectivity index (χ1) is 9.08. The van der Waals surface area contributed by atoms with Crippen LogP contribution >= 0.6 is 34.2 Å². The molecule has 3 N–H and O–H groups in total. The van der Waals surface area contributed by atoms with Crippen molar-refractivity contribution in [2.75, 3.05) is 17.7 Å². The van der Waals surface area contributed by atoms with Crippen LogP contribution in [0.15, 0.2) is 18.2 Å². The smallest absolute Gasteiger partial charge is 0.323 e. The number of aromatic nitrogens is 3. The Bertz CT molecular complexity index is 595. The number of hydrogen-bond acceptors (Lipinski definition) is 6. The van der Waals surface area contributed by atoms with E-state index >= 15 is 0 Å². The monoisotopic (exact) mass is 391 g/mol. The minimum atomic E-state index is 0.0857. The zero-order chi connectivity index (χ0) is 13.8. The zero-order valence-corrected chi connectivity index (χ0v) is 12.9. The lowest BCUT2D eigenvalue weighted by molar-refractivity contribution is 0.312. The van der Waals surface area contributed by atoms with E-state index in [1.165, 1.54) is 0 Å². The van der Waals surface area contributed by atoms with Gasteiger partial charge in [0.2, 0.25) is 11.9 Å². The molecule has 2 rings (SSSR count). The quantitative estimate of drug-likeness (QED) is 0.780. The van der Waals surface area contributed by atoms with Crippen LogP contribution in [-0.2, 0) is 0 Å². The summed E-state index contributed by atoms with van der Waals surface area (Å²) in [6.45, 7) is 2.29. The summed E-state index contributed by atoms with van der Waals surface area (Å²) in [4.78, 5) is 11.9. The second kappa shape index (κ2) is 6.20. The standard InChI is InChI=1S/C11H11ClIN5O/c1-2-19-11-17-9(14)16-10(18-11)15-8-4-3-6(13)5-7(8)12/h3-5H,2H2,1H3,(H3,14,15,16,17,18). The molecule has 1 heterocycles. The highest BCUT2D eigenvalue weighted by Gasteiger charge is 2.07. The molecule has 0 bridgehead atoms. The highest BCUT2D eigenvalue weighted by molar-refractivity contribution is 14.1.